The molecule has 96 valence electrons. The molecule has 7 heteroatoms. The van der Waals surface area contributed by atoms with E-state index >= 15 is 0 Å². The fourth-order valence-electron chi connectivity index (χ4n) is 1.39. The van der Waals surface area contributed by atoms with E-state index in [1.165, 1.54) is 23.1 Å². The molecule has 2 aromatic heterocycles. The van der Waals surface area contributed by atoms with Gasteiger partial charge in [-0.15, -0.1) is 21.5 Å². The van der Waals surface area contributed by atoms with Crippen molar-refractivity contribution in [3.63, 3.8) is 0 Å². The fourth-order valence-corrected chi connectivity index (χ4v) is 3.10. The topological polar surface area (TPSA) is 68.0 Å². The van der Waals surface area contributed by atoms with Gasteiger partial charge in [0.1, 0.15) is 6.61 Å². The van der Waals surface area contributed by atoms with Crippen LogP contribution in [0, 0.1) is 6.92 Å². The number of thioether (sulfide) groups is 1. The molecule has 0 fully saturated rings. The number of aromatic nitrogens is 3. The molecule has 0 unspecified atom stereocenters. The summed E-state index contributed by atoms with van der Waals surface area (Å²) in [4.78, 5) is 13.8. The number of hydrogen-bond donors (Lipinski definition) is 1. The third-order valence-corrected chi connectivity index (χ3v) is 4.48. The number of rotatable bonds is 5. The maximum Gasteiger partial charge on any atom is 0.191 e. The van der Waals surface area contributed by atoms with Crippen LogP contribution < -0.4 is 0 Å². The molecule has 1 N–H and O–H groups in total. The number of hydrogen-bond acceptors (Lipinski definition) is 6. The number of aryl methyl sites for hydroxylation is 1. The zero-order chi connectivity index (χ0) is 13.1. The maximum atomic E-state index is 11.9. The van der Waals surface area contributed by atoms with Crippen molar-refractivity contribution in [2.24, 2.45) is 7.05 Å². The largest absolute Gasteiger partial charge is 0.388 e. The first-order chi connectivity index (χ1) is 8.61. The van der Waals surface area contributed by atoms with Gasteiger partial charge in [-0.1, -0.05) is 11.8 Å². The molecule has 0 aliphatic heterocycles. The molecule has 0 aliphatic carbocycles. The van der Waals surface area contributed by atoms with Crippen molar-refractivity contribution in [3.05, 3.63) is 27.7 Å². The minimum Gasteiger partial charge on any atom is -0.388 e. The summed E-state index contributed by atoms with van der Waals surface area (Å²) in [5, 5.41) is 17.4. The number of thiophene rings is 1. The summed E-state index contributed by atoms with van der Waals surface area (Å²) >= 11 is 2.83. The molecular weight excluding hydrogens is 270 g/mol. The van der Waals surface area contributed by atoms with E-state index in [-0.39, 0.29) is 12.4 Å². The lowest BCUT2D eigenvalue weighted by molar-refractivity contribution is 0.102. The van der Waals surface area contributed by atoms with Crippen molar-refractivity contribution in [1.29, 1.82) is 0 Å². The molecule has 0 bridgehead atoms. The van der Waals surface area contributed by atoms with Crippen LogP contribution in [-0.2, 0) is 13.7 Å². The van der Waals surface area contributed by atoms with Crippen LogP contribution in [0.5, 0.6) is 0 Å². The maximum absolute atomic E-state index is 11.9. The van der Waals surface area contributed by atoms with Gasteiger partial charge >= 0.3 is 0 Å². The van der Waals surface area contributed by atoms with Crippen LogP contribution >= 0.6 is 23.1 Å². The predicted molar refractivity (Wildman–Crippen MR) is 71.0 cm³/mol. The molecule has 2 heterocycles. The molecule has 0 atom stereocenters. The average molecular weight is 283 g/mol. The second kappa shape index (κ2) is 5.64. The molecular formula is C11H13N3O2S2. The van der Waals surface area contributed by atoms with Crippen molar-refractivity contribution < 1.29 is 9.90 Å². The van der Waals surface area contributed by atoms with Crippen molar-refractivity contribution in [2.45, 2.75) is 18.7 Å². The number of aliphatic hydroxyl groups is 1. The number of Topliss-reactive ketones (excluding diaryl/α,β-unsaturated/α-hetero) is 1. The van der Waals surface area contributed by atoms with E-state index in [1.54, 1.807) is 11.6 Å². The normalized spacial score (nSPS) is 10.8. The predicted octanol–water partition coefficient (Wildman–Crippen LogP) is 1.65. The summed E-state index contributed by atoms with van der Waals surface area (Å²) in [6, 6.07) is 3.79. The number of ketones is 1. The molecule has 2 rings (SSSR count). The van der Waals surface area contributed by atoms with Crippen molar-refractivity contribution in [2.75, 3.05) is 5.75 Å². The first-order valence-electron chi connectivity index (χ1n) is 5.33. The number of carbonyl (C=O) groups excluding carboxylic acids is 1. The Hall–Kier alpha value is -1.18. The van der Waals surface area contributed by atoms with Gasteiger partial charge in [-0.3, -0.25) is 4.79 Å². The molecule has 0 saturated carbocycles. The summed E-state index contributed by atoms with van der Waals surface area (Å²) in [5.74, 6) is 0.917. The summed E-state index contributed by atoms with van der Waals surface area (Å²) in [6.45, 7) is 1.83. The highest BCUT2D eigenvalue weighted by Gasteiger charge is 2.13. The molecule has 2 aromatic rings. The van der Waals surface area contributed by atoms with Crippen LogP contribution in [-0.4, -0.2) is 31.4 Å². The highest BCUT2D eigenvalue weighted by Crippen LogP contribution is 2.21. The quantitative estimate of drug-likeness (QED) is 0.667. The second-order valence-corrected chi connectivity index (χ2v) is 5.97. The van der Waals surface area contributed by atoms with Gasteiger partial charge in [0.2, 0.25) is 0 Å². The van der Waals surface area contributed by atoms with Gasteiger partial charge in [0.25, 0.3) is 0 Å². The molecule has 0 saturated heterocycles. The molecule has 5 nitrogen and oxygen atoms in total. The number of aliphatic hydroxyl groups excluding tert-OH is 1. The highest BCUT2D eigenvalue weighted by molar-refractivity contribution is 7.99. The summed E-state index contributed by atoms with van der Waals surface area (Å²) in [6.07, 6.45) is 0. The first-order valence-corrected chi connectivity index (χ1v) is 7.13. The van der Waals surface area contributed by atoms with Gasteiger partial charge in [-0.05, 0) is 19.1 Å². The molecule has 18 heavy (non-hydrogen) atoms. The summed E-state index contributed by atoms with van der Waals surface area (Å²) < 4.78 is 1.69. The Morgan fingerprint density at radius 1 is 1.50 bits per heavy atom. The van der Waals surface area contributed by atoms with Gasteiger partial charge in [0, 0.05) is 11.9 Å². The minimum atomic E-state index is -0.151. The summed E-state index contributed by atoms with van der Waals surface area (Å²) in [5.41, 5.74) is 0. The van der Waals surface area contributed by atoms with Gasteiger partial charge in [-0.2, -0.15) is 0 Å². The van der Waals surface area contributed by atoms with E-state index in [0.717, 1.165) is 9.75 Å². The lowest BCUT2D eigenvalue weighted by atomic mass is 10.3. The highest BCUT2D eigenvalue weighted by atomic mass is 32.2. The van der Waals surface area contributed by atoms with Crippen LogP contribution in [0.25, 0.3) is 0 Å². The van der Waals surface area contributed by atoms with Gasteiger partial charge < -0.3 is 9.67 Å². The van der Waals surface area contributed by atoms with E-state index in [2.05, 4.69) is 10.2 Å². The smallest absolute Gasteiger partial charge is 0.191 e. The fraction of sp³-hybridized carbons (Fsp3) is 0.364. The Labute approximate surface area is 113 Å². The SMILES string of the molecule is Cc1ccc(C(=O)CSc2nnc(CO)n2C)s1. The Balaban J connectivity index is 1.99. The van der Waals surface area contributed by atoms with Crippen molar-refractivity contribution in [3.8, 4) is 0 Å². The third kappa shape index (κ3) is 2.80. The van der Waals surface area contributed by atoms with Crippen molar-refractivity contribution >= 4 is 28.9 Å². The van der Waals surface area contributed by atoms with Gasteiger partial charge in [0.05, 0.1) is 10.6 Å². The number of carbonyl (C=O) groups is 1. The standard InChI is InChI=1S/C11H13N3O2S2/c1-7-3-4-9(18-7)8(16)6-17-11-13-12-10(5-15)14(11)2/h3-4,15H,5-6H2,1-2H3. The van der Waals surface area contributed by atoms with Gasteiger partial charge in [0.15, 0.2) is 16.8 Å². The zero-order valence-electron chi connectivity index (χ0n) is 10.1. The van der Waals surface area contributed by atoms with E-state index in [4.69, 9.17) is 5.11 Å². The Morgan fingerprint density at radius 3 is 2.83 bits per heavy atom. The Bertz CT molecular complexity index is 562. The molecule has 0 aromatic carbocycles. The lowest BCUT2D eigenvalue weighted by Crippen LogP contribution is -2.02. The van der Waals surface area contributed by atoms with Crippen LogP contribution in [0.3, 0.4) is 0 Å². The second-order valence-electron chi connectivity index (χ2n) is 3.74. The monoisotopic (exact) mass is 283 g/mol. The van der Waals surface area contributed by atoms with E-state index in [1.807, 2.05) is 19.1 Å². The molecule has 0 radical (unpaired) electrons. The third-order valence-electron chi connectivity index (χ3n) is 2.41. The first kappa shape index (κ1) is 13.3. The van der Waals surface area contributed by atoms with Crippen LogP contribution in [0.2, 0.25) is 0 Å². The average Bonchev–Trinajstić information content (AvgIpc) is 2.93. The van der Waals surface area contributed by atoms with Crippen LogP contribution in [0.15, 0.2) is 17.3 Å². The molecule has 0 aliphatic rings. The van der Waals surface area contributed by atoms with Crippen molar-refractivity contribution in [1.82, 2.24) is 14.8 Å². The Morgan fingerprint density at radius 2 is 2.28 bits per heavy atom. The molecule has 0 amide bonds. The lowest BCUT2D eigenvalue weighted by Gasteiger charge is -2.00. The van der Waals surface area contributed by atoms with Crippen LogP contribution in [0.4, 0.5) is 0 Å². The Kier molecular flexibility index (Phi) is 4.15. The molecule has 0 spiro atoms. The van der Waals surface area contributed by atoms with E-state index < -0.39 is 0 Å². The minimum absolute atomic E-state index is 0.0895. The van der Waals surface area contributed by atoms with E-state index in [0.29, 0.717) is 16.7 Å². The number of nitrogens with zero attached hydrogens (tertiary/aromatic N) is 3. The summed E-state index contributed by atoms with van der Waals surface area (Å²) in [7, 11) is 1.77. The van der Waals surface area contributed by atoms with Gasteiger partial charge in [-0.25, -0.2) is 0 Å². The van der Waals surface area contributed by atoms with E-state index in [9.17, 15) is 4.79 Å². The zero-order valence-corrected chi connectivity index (χ0v) is 11.7. The van der Waals surface area contributed by atoms with Crippen LogP contribution in [0.1, 0.15) is 20.4 Å².